The summed E-state index contributed by atoms with van der Waals surface area (Å²) in [6.45, 7) is 0. The molecule has 4 aromatic rings. The summed E-state index contributed by atoms with van der Waals surface area (Å²) in [6, 6.07) is 30.5. The van der Waals surface area contributed by atoms with Crippen LogP contribution in [0.15, 0.2) is 97.1 Å². The summed E-state index contributed by atoms with van der Waals surface area (Å²) in [4.78, 5) is 0. The molecule has 138 valence electrons. The van der Waals surface area contributed by atoms with Gasteiger partial charge in [-0.05, 0) is 66.2 Å². The number of rotatable bonds is 5. The minimum Gasteiger partial charge on any atom is -0.457 e. The molecule has 4 rings (SSSR count). The second-order valence-electron chi connectivity index (χ2n) is 6.37. The van der Waals surface area contributed by atoms with Crippen LogP contribution in [-0.4, -0.2) is 0 Å². The fraction of sp³-hybridized carbons (Fsp3) is 0. The Bertz CT molecular complexity index is 1060. The van der Waals surface area contributed by atoms with Gasteiger partial charge in [-0.2, -0.15) is 0 Å². The van der Waals surface area contributed by atoms with Gasteiger partial charge in [-0.1, -0.05) is 30.3 Å². The number of ether oxygens (including phenoxy) is 2. The largest absolute Gasteiger partial charge is 0.457 e. The van der Waals surface area contributed by atoms with E-state index in [9.17, 15) is 0 Å². The molecule has 0 heterocycles. The van der Waals surface area contributed by atoms with Gasteiger partial charge in [0.2, 0.25) is 0 Å². The third-order valence-electron chi connectivity index (χ3n) is 4.26. The van der Waals surface area contributed by atoms with Crippen LogP contribution >= 0.6 is 0 Å². The molecule has 0 saturated carbocycles. The van der Waals surface area contributed by atoms with Gasteiger partial charge < -0.3 is 20.9 Å². The first-order chi connectivity index (χ1) is 13.7. The summed E-state index contributed by atoms with van der Waals surface area (Å²) in [6.07, 6.45) is 0. The Balaban J connectivity index is 1.70. The van der Waals surface area contributed by atoms with E-state index >= 15 is 0 Å². The first kappa shape index (κ1) is 17.5. The van der Waals surface area contributed by atoms with Crippen molar-refractivity contribution in [3.8, 4) is 34.1 Å². The molecular weight excluding hydrogens is 348 g/mol. The number of hydrogen-bond donors (Lipinski definition) is 2. The smallest absolute Gasteiger partial charge is 0.138 e. The van der Waals surface area contributed by atoms with Crippen LogP contribution in [0.1, 0.15) is 0 Å². The first-order valence-electron chi connectivity index (χ1n) is 8.94. The molecular formula is C24H20N2O2. The Morgan fingerprint density at radius 1 is 0.500 bits per heavy atom. The summed E-state index contributed by atoms with van der Waals surface area (Å²) in [5.41, 5.74) is 14.9. The van der Waals surface area contributed by atoms with Crippen molar-refractivity contribution in [1.82, 2.24) is 0 Å². The molecule has 0 bridgehead atoms. The molecule has 0 amide bonds. The number of nitrogens with two attached hydrogens (primary N) is 2. The second-order valence-corrected chi connectivity index (χ2v) is 6.37. The third kappa shape index (κ3) is 4.07. The van der Waals surface area contributed by atoms with Crippen LogP contribution in [0.5, 0.6) is 23.0 Å². The quantitative estimate of drug-likeness (QED) is 0.417. The molecule has 0 saturated heterocycles. The van der Waals surface area contributed by atoms with E-state index in [1.807, 2.05) is 84.9 Å². The molecule has 0 aliphatic carbocycles. The Labute approximate surface area is 164 Å². The van der Waals surface area contributed by atoms with Gasteiger partial charge >= 0.3 is 0 Å². The van der Waals surface area contributed by atoms with Crippen LogP contribution in [-0.2, 0) is 0 Å². The Hall–Kier alpha value is -3.92. The van der Waals surface area contributed by atoms with Gasteiger partial charge in [0.05, 0.1) is 0 Å². The van der Waals surface area contributed by atoms with Gasteiger partial charge in [0.1, 0.15) is 23.0 Å². The van der Waals surface area contributed by atoms with E-state index in [2.05, 4.69) is 0 Å². The predicted octanol–water partition coefficient (Wildman–Crippen LogP) is 6.10. The van der Waals surface area contributed by atoms with Gasteiger partial charge in [-0.25, -0.2) is 0 Å². The van der Waals surface area contributed by atoms with E-state index in [1.165, 1.54) is 0 Å². The lowest BCUT2D eigenvalue weighted by molar-refractivity contribution is 0.461. The maximum absolute atomic E-state index is 6.16. The first-order valence-corrected chi connectivity index (χ1v) is 8.94. The number of benzene rings is 4. The van der Waals surface area contributed by atoms with Crippen LogP contribution in [0.25, 0.3) is 11.1 Å². The number of hydrogen-bond acceptors (Lipinski definition) is 4. The van der Waals surface area contributed by atoms with Crippen molar-refractivity contribution < 1.29 is 9.47 Å². The Kier molecular flexibility index (Phi) is 4.85. The van der Waals surface area contributed by atoms with Crippen molar-refractivity contribution in [1.29, 1.82) is 0 Å². The zero-order valence-electron chi connectivity index (χ0n) is 15.2. The highest BCUT2D eigenvalue weighted by Crippen LogP contribution is 2.37. The molecule has 0 aromatic heterocycles. The minimum absolute atomic E-state index is 0.676. The van der Waals surface area contributed by atoms with Crippen molar-refractivity contribution >= 4 is 11.4 Å². The van der Waals surface area contributed by atoms with Crippen LogP contribution in [0.2, 0.25) is 0 Å². The molecule has 0 aliphatic rings. The highest BCUT2D eigenvalue weighted by atomic mass is 16.5. The SMILES string of the molecule is Nc1ccc(Oc2ccc(-c3ccccc3)c(Oc3ccc(N)cc3)c2)cc1. The standard InChI is InChI=1S/C24H20N2O2/c25-18-6-10-20(11-7-18)27-22-14-15-23(17-4-2-1-3-5-17)24(16-22)28-21-12-8-19(26)9-13-21/h1-16H,25-26H2. The van der Waals surface area contributed by atoms with Crippen molar-refractivity contribution in [3.05, 3.63) is 97.1 Å². The molecule has 0 aliphatic heterocycles. The van der Waals surface area contributed by atoms with E-state index in [4.69, 9.17) is 20.9 Å². The highest BCUT2D eigenvalue weighted by Gasteiger charge is 2.10. The van der Waals surface area contributed by atoms with E-state index in [-0.39, 0.29) is 0 Å². The summed E-state index contributed by atoms with van der Waals surface area (Å²) < 4.78 is 12.1. The summed E-state index contributed by atoms with van der Waals surface area (Å²) in [5.74, 6) is 2.79. The van der Waals surface area contributed by atoms with Crippen molar-refractivity contribution in [3.63, 3.8) is 0 Å². The predicted molar refractivity (Wildman–Crippen MR) is 114 cm³/mol. The summed E-state index contributed by atoms with van der Waals surface area (Å²) in [7, 11) is 0. The monoisotopic (exact) mass is 368 g/mol. The maximum atomic E-state index is 6.16. The Morgan fingerprint density at radius 2 is 1.04 bits per heavy atom. The summed E-state index contributed by atoms with van der Waals surface area (Å²) in [5, 5.41) is 0. The normalized spacial score (nSPS) is 10.4. The molecule has 4 heteroatoms. The fourth-order valence-electron chi connectivity index (χ4n) is 2.84. The van der Waals surface area contributed by atoms with E-state index in [0.717, 1.165) is 11.1 Å². The van der Waals surface area contributed by atoms with E-state index < -0.39 is 0 Å². The van der Waals surface area contributed by atoms with Crippen molar-refractivity contribution in [2.45, 2.75) is 0 Å². The topological polar surface area (TPSA) is 70.5 Å². The third-order valence-corrected chi connectivity index (χ3v) is 4.26. The van der Waals surface area contributed by atoms with Gasteiger partial charge in [0, 0.05) is 23.0 Å². The van der Waals surface area contributed by atoms with Crippen LogP contribution < -0.4 is 20.9 Å². The molecule has 4 aromatic carbocycles. The van der Waals surface area contributed by atoms with Crippen molar-refractivity contribution in [2.24, 2.45) is 0 Å². The molecule has 0 atom stereocenters. The van der Waals surface area contributed by atoms with Crippen LogP contribution in [0.3, 0.4) is 0 Å². The Morgan fingerprint density at radius 3 is 1.64 bits per heavy atom. The lowest BCUT2D eigenvalue weighted by Gasteiger charge is -2.14. The van der Waals surface area contributed by atoms with Gasteiger partial charge in [-0.15, -0.1) is 0 Å². The second kappa shape index (κ2) is 7.76. The van der Waals surface area contributed by atoms with E-state index in [1.54, 1.807) is 12.1 Å². The highest BCUT2D eigenvalue weighted by molar-refractivity contribution is 5.72. The van der Waals surface area contributed by atoms with Gasteiger partial charge in [-0.3, -0.25) is 0 Å². The van der Waals surface area contributed by atoms with Crippen LogP contribution in [0, 0.1) is 0 Å². The molecule has 0 fully saturated rings. The molecule has 28 heavy (non-hydrogen) atoms. The van der Waals surface area contributed by atoms with E-state index in [0.29, 0.717) is 34.4 Å². The maximum Gasteiger partial charge on any atom is 0.138 e. The number of nitrogen functional groups attached to an aromatic ring is 2. The molecule has 0 spiro atoms. The molecule has 4 N–H and O–H groups in total. The van der Waals surface area contributed by atoms with Crippen molar-refractivity contribution in [2.75, 3.05) is 11.5 Å². The molecule has 4 nitrogen and oxygen atoms in total. The zero-order chi connectivity index (χ0) is 19.3. The van der Waals surface area contributed by atoms with Crippen LogP contribution in [0.4, 0.5) is 11.4 Å². The average Bonchev–Trinajstić information content (AvgIpc) is 2.72. The average molecular weight is 368 g/mol. The van der Waals surface area contributed by atoms with Gasteiger partial charge in [0.25, 0.3) is 0 Å². The fourth-order valence-corrected chi connectivity index (χ4v) is 2.84. The minimum atomic E-state index is 0.676. The lowest BCUT2D eigenvalue weighted by atomic mass is 10.0. The molecule has 0 unspecified atom stereocenters. The van der Waals surface area contributed by atoms with Gasteiger partial charge in [0.15, 0.2) is 0 Å². The summed E-state index contributed by atoms with van der Waals surface area (Å²) >= 11 is 0. The zero-order valence-corrected chi connectivity index (χ0v) is 15.2. The lowest BCUT2D eigenvalue weighted by Crippen LogP contribution is -1.92. The number of anilines is 2. The molecule has 0 radical (unpaired) electrons.